The van der Waals surface area contributed by atoms with Crippen LogP contribution >= 0.6 is 0 Å². The fraction of sp³-hybridized carbons (Fsp3) is 0.375. The number of nitriles is 2. The van der Waals surface area contributed by atoms with Crippen molar-refractivity contribution in [2.75, 3.05) is 0 Å². The van der Waals surface area contributed by atoms with E-state index in [-0.39, 0.29) is 11.8 Å². The number of hydrogen-bond acceptors (Lipinski definition) is 2. The van der Waals surface area contributed by atoms with Crippen LogP contribution in [0.2, 0.25) is 0 Å². The number of rotatable bonds is 5. The smallest absolute Gasteiger partial charge is 0.150 e. The van der Waals surface area contributed by atoms with Gasteiger partial charge in [-0.05, 0) is 23.8 Å². The van der Waals surface area contributed by atoms with E-state index in [0.717, 1.165) is 5.56 Å². The van der Waals surface area contributed by atoms with E-state index in [1.807, 2.05) is 37.3 Å². The van der Waals surface area contributed by atoms with Crippen LogP contribution in [0.15, 0.2) is 43.0 Å². The van der Waals surface area contributed by atoms with E-state index in [1.165, 1.54) is 0 Å². The molecule has 0 heterocycles. The predicted molar refractivity (Wildman–Crippen MR) is 72.5 cm³/mol. The summed E-state index contributed by atoms with van der Waals surface area (Å²) >= 11 is 0. The third kappa shape index (κ3) is 2.60. The highest BCUT2D eigenvalue weighted by molar-refractivity contribution is 5.25. The molecule has 0 aliphatic carbocycles. The average Bonchev–Trinajstić information content (AvgIpc) is 2.44. The summed E-state index contributed by atoms with van der Waals surface area (Å²) in [7, 11) is 0. The molecule has 0 aliphatic heterocycles. The van der Waals surface area contributed by atoms with Gasteiger partial charge in [-0.2, -0.15) is 10.5 Å². The Labute approximate surface area is 109 Å². The molecular weight excluding hydrogens is 220 g/mol. The molecule has 0 radical (unpaired) electrons. The molecule has 2 atom stereocenters. The normalized spacial score (nSPS) is 14.0. The molecule has 0 amide bonds. The molecule has 0 aromatic heterocycles. The minimum Gasteiger partial charge on any atom is -0.197 e. The number of benzene rings is 1. The Kier molecular flexibility index (Phi) is 4.69. The SMILES string of the molecule is C=CCC(C#N)(C#N)C(C)C(C)c1ccccc1. The highest BCUT2D eigenvalue weighted by Crippen LogP contribution is 2.40. The van der Waals surface area contributed by atoms with Crippen molar-refractivity contribution < 1.29 is 0 Å². The first-order valence-corrected chi connectivity index (χ1v) is 6.09. The lowest BCUT2D eigenvalue weighted by atomic mass is 9.69. The van der Waals surface area contributed by atoms with E-state index in [1.54, 1.807) is 6.08 Å². The van der Waals surface area contributed by atoms with Crippen LogP contribution in [0.5, 0.6) is 0 Å². The summed E-state index contributed by atoms with van der Waals surface area (Å²) in [6.45, 7) is 7.68. The molecule has 0 bridgehead atoms. The Hall–Kier alpha value is -2.06. The van der Waals surface area contributed by atoms with Crippen molar-refractivity contribution in [1.82, 2.24) is 0 Å². The molecule has 0 saturated carbocycles. The monoisotopic (exact) mass is 238 g/mol. The van der Waals surface area contributed by atoms with Gasteiger partial charge in [-0.3, -0.25) is 0 Å². The van der Waals surface area contributed by atoms with Crippen LogP contribution in [-0.2, 0) is 0 Å². The molecule has 0 saturated heterocycles. The lowest BCUT2D eigenvalue weighted by Crippen LogP contribution is -2.29. The van der Waals surface area contributed by atoms with E-state index in [4.69, 9.17) is 0 Å². The Balaban J connectivity index is 3.06. The predicted octanol–water partition coefficient (Wildman–Crippen LogP) is 4.04. The van der Waals surface area contributed by atoms with Crippen molar-refractivity contribution >= 4 is 0 Å². The van der Waals surface area contributed by atoms with Crippen molar-refractivity contribution in [2.24, 2.45) is 11.3 Å². The maximum Gasteiger partial charge on any atom is 0.150 e. The number of allylic oxidation sites excluding steroid dienone is 1. The molecule has 2 heteroatoms. The van der Waals surface area contributed by atoms with E-state index < -0.39 is 5.41 Å². The molecule has 1 aromatic rings. The molecule has 1 rings (SSSR count). The summed E-state index contributed by atoms with van der Waals surface area (Å²) in [4.78, 5) is 0. The van der Waals surface area contributed by atoms with E-state index in [0.29, 0.717) is 6.42 Å². The lowest BCUT2D eigenvalue weighted by Gasteiger charge is -2.30. The minimum absolute atomic E-state index is 0.0482. The third-order valence-electron chi connectivity index (χ3n) is 3.72. The van der Waals surface area contributed by atoms with Gasteiger partial charge in [-0.1, -0.05) is 50.3 Å². The molecule has 2 unspecified atom stereocenters. The summed E-state index contributed by atoms with van der Waals surface area (Å²) in [5.74, 6) is 0.110. The number of nitrogens with zero attached hydrogens (tertiary/aromatic N) is 2. The fourth-order valence-corrected chi connectivity index (χ4v) is 2.21. The van der Waals surface area contributed by atoms with Crippen LogP contribution in [0.4, 0.5) is 0 Å². The first kappa shape index (κ1) is 14.0. The summed E-state index contributed by atoms with van der Waals surface area (Å²) in [6, 6.07) is 14.4. The van der Waals surface area contributed by atoms with Crippen LogP contribution in [0.25, 0.3) is 0 Å². The van der Waals surface area contributed by atoms with Gasteiger partial charge in [0.1, 0.15) is 5.41 Å². The standard InChI is InChI=1S/C16H18N2/c1-4-10-16(11-17,12-18)14(3)13(2)15-8-6-5-7-9-15/h4-9,13-14H,1,10H2,2-3H3. The van der Waals surface area contributed by atoms with Crippen LogP contribution < -0.4 is 0 Å². The van der Waals surface area contributed by atoms with Gasteiger partial charge in [-0.25, -0.2) is 0 Å². The summed E-state index contributed by atoms with van der Waals surface area (Å²) in [6.07, 6.45) is 2.05. The molecule has 0 aliphatic rings. The second kappa shape index (κ2) is 6.03. The first-order chi connectivity index (χ1) is 8.61. The molecule has 0 fully saturated rings. The second-order valence-corrected chi connectivity index (χ2v) is 4.68. The van der Waals surface area contributed by atoms with E-state index in [2.05, 4.69) is 25.6 Å². The molecule has 1 aromatic carbocycles. The van der Waals surface area contributed by atoms with Gasteiger partial charge in [0, 0.05) is 0 Å². The maximum absolute atomic E-state index is 9.35. The Bertz CT molecular complexity index is 462. The first-order valence-electron chi connectivity index (χ1n) is 6.09. The van der Waals surface area contributed by atoms with Crippen LogP contribution in [0, 0.1) is 34.0 Å². The van der Waals surface area contributed by atoms with E-state index >= 15 is 0 Å². The van der Waals surface area contributed by atoms with Crippen molar-refractivity contribution in [3.8, 4) is 12.1 Å². The van der Waals surface area contributed by atoms with E-state index in [9.17, 15) is 10.5 Å². The fourth-order valence-electron chi connectivity index (χ4n) is 2.21. The minimum atomic E-state index is -0.989. The molecule has 92 valence electrons. The summed E-state index contributed by atoms with van der Waals surface area (Å²) in [5.41, 5.74) is 0.167. The quantitative estimate of drug-likeness (QED) is 0.727. The van der Waals surface area contributed by atoms with Gasteiger partial charge in [-0.15, -0.1) is 6.58 Å². The van der Waals surface area contributed by atoms with Gasteiger partial charge in [0.2, 0.25) is 0 Å². The molecule has 2 nitrogen and oxygen atoms in total. The Morgan fingerprint density at radius 2 is 1.78 bits per heavy atom. The maximum atomic E-state index is 9.35. The van der Waals surface area contributed by atoms with Gasteiger partial charge in [0.05, 0.1) is 12.1 Å². The van der Waals surface area contributed by atoms with Gasteiger partial charge in [0.25, 0.3) is 0 Å². The zero-order valence-electron chi connectivity index (χ0n) is 10.9. The summed E-state index contributed by atoms with van der Waals surface area (Å²) in [5, 5.41) is 18.7. The second-order valence-electron chi connectivity index (χ2n) is 4.68. The third-order valence-corrected chi connectivity index (χ3v) is 3.72. The topological polar surface area (TPSA) is 47.6 Å². The lowest BCUT2D eigenvalue weighted by molar-refractivity contribution is 0.301. The number of hydrogen-bond donors (Lipinski definition) is 0. The molecule has 0 spiro atoms. The van der Waals surface area contributed by atoms with Gasteiger partial charge < -0.3 is 0 Å². The largest absolute Gasteiger partial charge is 0.197 e. The molecular formula is C16H18N2. The Morgan fingerprint density at radius 1 is 1.22 bits per heavy atom. The van der Waals surface area contributed by atoms with Gasteiger partial charge >= 0.3 is 0 Å². The van der Waals surface area contributed by atoms with Crippen LogP contribution in [0.3, 0.4) is 0 Å². The highest BCUT2D eigenvalue weighted by atomic mass is 14.5. The molecule has 0 N–H and O–H groups in total. The van der Waals surface area contributed by atoms with Crippen LogP contribution in [0.1, 0.15) is 31.7 Å². The average molecular weight is 238 g/mol. The van der Waals surface area contributed by atoms with Crippen molar-refractivity contribution in [3.63, 3.8) is 0 Å². The molecule has 18 heavy (non-hydrogen) atoms. The van der Waals surface area contributed by atoms with Crippen molar-refractivity contribution in [2.45, 2.75) is 26.2 Å². The zero-order valence-corrected chi connectivity index (χ0v) is 10.9. The van der Waals surface area contributed by atoms with Crippen molar-refractivity contribution in [1.29, 1.82) is 10.5 Å². The highest BCUT2D eigenvalue weighted by Gasteiger charge is 2.38. The van der Waals surface area contributed by atoms with Gasteiger partial charge in [0.15, 0.2) is 0 Å². The van der Waals surface area contributed by atoms with Crippen LogP contribution in [-0.4, -0.2) is 0 Å². The van der Waals surface area contributed by atoms with Crippen molar-refractivity contribution in [3.05, 3.63) is 48.6 Å². The Morgan fingerprint density at radius 3 is 2.22 bits per heavy atom. The zero-order chi connectivity index (χ0) is 13.6. The summed E-state index contributed by atoms with van der Waals surface area (Å²) < 4.78 is 0.